The Kier molecular flexibility index (Phi) is 8.81. The Labute approximate surface area is 228 Å². The van der Waals surface area contributed by atoms with Crippen LogP contribution >= 0.6 is 22.9 Å². The van der Waals surface area contributed by atoms with Crippen LogP contribution in [0.25, 0.3) is 0 Å². The Bertz CT molecular complexity index is 1370. The number of rotatable bonds is 9. The first-order valence-electron chi connectivity index (χ1n) is 11.8. The maximum absolute atomic E-state index is 13.8. The molecule has 3 N–H and O–H groups in total. The van der Waals surface area contributed by atoms with Crippen LogP contribution in [0.4, 0.5) is 4.39 Å². The topological polar surface area (TPSA) is 147 Å². The molecule has 1 aliphatic heterocycles. The number of benzene rings is 1. The Morgan fingerprint density at radius 1 is 1.29 bits per heavy atom. The van der Waals surface area contributed by atoms with Crippen molar-refractivity contribution in [1.29, 1.82) is 0 Å². The van der Waals surface area contributed by atoms with Crippen molar-refractivity contribution < 1.29 is 32.2 Å². The molecule has 4 rings (SSSR count). The third kappa shape index (κ3) is 6.57. The normalized spacial score (nSPS) is 22.0. The van der Waals surface area contributed by atoms with Gasteiger partial charge in [-0.1, -0.05) is 17.7 Å². The van der Waals surface area contributed by atoms with Crippen LogP contribution in [-0.4, -0.2) is 55.7 Å². The van der Waals surface area contributed by atoms with Gasteiger partial charge in [0.2, 0.25) is 10.0 Å². The summed E-state index contributed by atoms with van der Waals surface area (Å²) in [5.74, 6) is -2.44. The Balaban J connectivity index is 1.65. The molecule has 14 heteroatoms. The predicted octanol–water partition coefficient (Wildman–Crippen LogP) is 3.26. The maximum Gasteiger partial charge on any atom is 0.338 e. The number of halogens is 2. The molecule has 1 unspecified atom stereocenters. The third-order valence-corrected chi connectivity index (χ3v) is 9.13. The van der Waals surface area contributed by atoms with Gasteiger partial charge in [-0.25, -0.2) is 27.3 Å². The van der Waals surface area contributed by atoms with Crippen molar-refractivity contribution in [2.24, 2.45) is 16.8 Å². The van der Waals surface area contributed by atoms with Gasteiger partial charge in [-0.2, -0.15) is 0 Å². The number of nitrogens with one attached hydrogen (secondary N) is 2. The van der Waals surface area contributed by atoms with Crippen LogP contribution in [0, 0.1) is 17.7 Å². The zero-order valence-electron chi connectivity index (χ0n) is 20.3. The molecule has 1 fully saturated rings. The van der Waals surface area contributed by atoms with Crippen LogP contribution in [-0.2, 0) is 24.3 Å². The van der Waals surface area contributed by atoms with Crippen molar-refractivity contribution in [3.05, 3.63) is 62.5 Å². The number of carbonyl (C=O) groups excluding carboxylic acids is 1. The number of allylic oxidation sites excluding steroid dienone is 1. The second-order valence-corrected chi connectivity index (χ2v) is 12.2. The molecule has 10 nitrogen and oxygen atoms in total. The number of carboxylic acids is 1. The van der Waals surface area contributed by atoms with E-state index in [9.17, 15) is 22.4 Å². The molecule has 2 aromatic rings. The number of methoxy groups -OCH3 is 1. The fraction of sp³-hybridized carbons (Fsp3) is 0.417. The van der Waals surface area contributed by atoms with Crippen LogP contribution in [0.1, 0.15) is 42.3 Å². The summed E-state index contributed by atoms with van der Waals surface area (Å²) in [4.78, 5) is 32.9. The van der Waals surface area contributed by atoms with Crippen molar-refractivity contribution in [2.45, 2.75) is 31.7 Å². The molecule has 0 spiro atoms. The van der Waals surface area contributed by atoms with Gasteiger partial charge < -0.3 is 15.2 Å². The zero-order valence-corrected chi connectivity index (χ0v) is 22.7. The smallest absolute Gasteiger partial charge is 0.338 e. The minimum atomic E-state index is -3.74. The van der Waals surface area contributed by atoms with E-state index < -0.39 is 40.4 Å². The number of carbonyl (C=O) groups is 2. The van der Waals surface area contributed by atoms with Crippen LogP contribution < -0.4 is 10.0 Å². The van der Waals surface area contributed by atoms with E-state index in [1.165, 1.54) is 30.6 Å². The van der Waals surface area contributed by atoms with E-state index in [2.05, 4.69) is 15.0 Å². The molecule has 2 aliphatic rings. The standard InChI is InChI=1S/C24H26ClFN4O6S2/c1-36-24(33)19-20(14-4-2-13(3-5-14)12-38(34,35)28-11-18(31)32)29-22(23-27-8-9-37-23)30-21(19)16-7-6-15(26)10-17(16)25/h6-10,13-14,21,28H,2-5,11-12H2,1H3,(H,29,30)(H,31,32)/t13-,14+,21?. The lowest BCUT2D eigenvalue weighted by Gasteiger charge is -2.35. The SMILES string of the molecule is COC(=O)C1=C([C@H]2CC[C@@H](CS(=O)(=O)NCC(=O)O)CC2)NC(c2nccs2)=NC1c1ccc(F)cc1Cl. The highest BCUT2D eigenvalue weighted by molar-refractivity contribution is 7.89. The molecule has 2 heterocycles. The molecule has 0 saturated heterocycles. The molecule has 38 heavy (non-hydrogen) atoms. The van der Waals surface area contributed by atoms with E-state index in [-0.39, 0.29) is 28.2 Å². The van der Waals surface area contributed by atoms with Gasteiger partial charge in [-0.05, 0) is 49.7 Å². The summed E-state index contributed by atoms with van der Waals surface area (Å²) >= 11 is 7.75. The Hall–Kier alpha value is -2.87. The minimum absolute atomic E-state index is 0.114. The van der Waals surface area contributed by atoms with Crippen molar-refractivity contribution in [1.82, 2.24) is 15.0 Å². The number of esters is 1. The summed E-state index contributed by atoms with van der Waals surface area (Å²) in [6.07, 6.45) is 3.86. The third-order valence-electron chi connectivity index (χ3n) is 6.53. The first kappa shape index (κ1) is 28.1. The Morgan fingerprint density at radius 2 is 2.03 bits per heavy atom. The van der Waals surface area contributed by atoms with E-state index in [1.54, 1.807) is 11.6 Å². The monoisotopic (exact) mass is 584 g/mol. The number of hydrogen-bond donors (Lipinski definition) is 3. The summed E-state index contributed by atoms with van der Waals surface area (Å²) in [6, 6.07) is 3.03. The summed E-state index contributed by atoms with van der Waals surface area (Å²) in [6.45, 7) is -0.664. The second kappa shape index (κ2) is 11.9. The molecule has 1 atom stereocenters. The number of aromatic nitrogens is 1. The number of thiazole rings is 1. The minimum Gasteiger partial charge on any atom is -0.480 e. The molecular weight excluding hydrogens is 559 g/mol. The van der Waals surface area contributed by atoms with Gasteiger partial charge in [0.15, 0.2) is 10.8 Å². The molecular formula is C24H26ClFN4O6S2. The molecule has 0 amide bonds. The zero-order chi connectivity index (χ0) is 27.4. The van der Waals surface area contributed by atoms with Gasteiger partial charge in [0.1, 0.15) is 18.4 Å². The lowest BCUT2D eigenvalue weighted by molar-refractivity contribution is -0.137. The van der Waals surface area contributed by atoms with Gasteiger partial charge in [0, 0.05) is 27.9 Å². The van der Waals surface area contributed by atoms with Crippen molar-refractivity contribution in [3.8, 4) is 0 Å². The number of sulfonamides is 1. The maximum atomic E-state index is 13.8. The number of hydrogen-bond acceptors (Lipinski definition) is 9. The highest BCUT2D eigenvalue weighted by Crippen LogP contribution is 2.42. The highest BCUT2D eigenvalue weighted by Gasteiger charge is 2.38. The van der Waals surface area contributed by atoms with E-state index >= 15 is 0 Å². The summed E-state index contributed by atoms with van der Waals surface area (Å²) < 4.78 is 45.6. The number of ether oxygens (including phenoxy) is 1. The molecule has 204 valence electrons. The number of aliphatic carboxylic acids is 1. The fourth-order valence-electron chi connectivity index (χ4n) is 4.78. The van der Waals surface area contributed by atoms with E-state index in [0.29, 0.717) is 47.8 Å². The molecule has 1 aromatic carbocycles. The van der Waals surface area contributed by atoms with Crippen LogP contribution in [0.2, 0.25) is 5.02 Å². The average molecular weight is 585 g/mol. The lowest BCUT2D eigenvalue weighted by Crippen LogP contribution is -2.39. The van der Waals surface area contributed by atoms with E-state index in [0.717, 1.165) is 6.07 Å². The molecule has 0 radical (unpaired) electrons. The lowest BCUT2D eigenvalue weighted by atomic mass is 9.78. The van der Waals surface area contributed by atoms with E-state index in [4.69, 9.17) is 26.4 Å². The van der Waals surface area contributed by atoms with Gasteiger partial charge in [0.05, 0.1) is 18.4 Å². The number of aliphatic imine (C=N–C) groups is 1. The largest absolute Gasteiger partial charge is 0.480 e. The summed E-state index contributed by atoms with van der Waals surface area (Å²) in [5, 5.41) is 14.5. The molecule has 1 aromatic heterocycles. The van der Waals surface area contributed by atoms with Gasteiger partial charge in [-0.15, -0.1) is 11.3 Å². The quantitative estimate of drug-likeness (QED) is 0.381. The second-order valence-electron chi connectivity index (χ2n) is 9.04. The van der Waals surface area contributed by atoms with Gasteiger partial charge >= 0.3 is 11.9 Å². The number of nitrogens with zero attached hydrogens (tertiary/aromatic N) is 2. The predicted molar refractivity (Wildman–Crippen MR) is 140 cm³/mol. The highest BCUT2D eigenvalue weighted by atomic mass is 35.5. The van der Waals surface area contributed by atoms with Crippen molar-refractivity contribution >= 4 is 50.7 Å². The van der Waals surface area contributed by atoms with Gasteiger partial charge in [0.25, 0.3) is 0 Å². The molecule has 1 aliphatic carbocycles. The average Bonchev–Trinajstić information content (AvgIpc) is 3.42. The number of amidine groups is 1. The van der Waals surface area contributed by atoms with E-state index in [1.807, 2.05) is 0 Å². The fourth-order valence-corrected chi connectivity index (χ4v) is 7.05. The van der Waals surface area contributed by atoms with Crippen molar-refractivity contribution in [2.75, 3.05) is 19.4 Å². The Morgan fingerprint density at radius 3 is 2.63 bits per heavy atom. The number of carboxylic acid groups (broad SMARTS) is 1. The van der Waals surface area contributed by atoms with Crippen molar-refractivity contribution in [3.63, 3.8) is 0 Å². The molecule has 1 saturated carbocycles. The summed E-state index contributed by atoms with van der Waals surface area (Å²) in [5.41, 5.74) is 1.28. The molecule has 0 bridgehead atoms. The summed E-state index contributed by atoms with van der Waals surface area (Å²) in [7, 11) is -2.48. The first-order chi connectivity index (χ1) is 18.1. The van der Waals surface area contributed by atoms with Crippen LogP contribution in [0.5, 0.6) is 0 Å². The first-order valence-corrected chi connectivity index (χ1v) is 14.7. The van der Waals surface area contributed by atoms with Crippen LogP contribution in [0.15, 0.2) is 46.0 Å². The van der Waals surface area contributed by atoms with Gasteiger partial charge in [-0.3, -0.25) is 9.79 Å². The van der Waals surface area contributed by atoms with Crippen LogP contribution in [0.3, 0.4) is 0 Å².